The highest BCUT2D eigenvalue weighted by atomic mass is 16.2. The lowest BCUT2D eigenvalue weighted by molar-refractivity contribution is -0.138. The van der Waals surface area contributed by atoms with Crippen LogP contribution < -0.4 is 5.32 Å². The molecular formula is C15H26N2O2. The molecule has 1 heterocycles. The highest BCUT2D eigenvalue weighted by molar-refractivity contribution is 5.90. The van der Waals surface area contributed by atoms with Crippen molar-refractivity contribution in [1.82, 2.24) is 10.2 Å². The molecule has 0 aromatic heterocycles. The van der Waals surface area contributed by atoms with E-state index in [-0.39, 0.29) is 23.8 Å². The van der Waals surface area contributed by atoms with Crippen LogP contribution in [0.4, 0.5) is 0 Å². The topological polar surface area (TPSA) is 49.4 Å². The van der Waals surface area contributed by atoms with Crippen molar-refractivity contribution in [2.75, 3.05) is 6.54 Å². The molecule has 0 radical (unpaired) electrons. The summed E-state index contributed by atoms with van der Waals surface area (Å²) in [7, 11) is 0. The van der Waals surface area contributed by atoms with Crippen molar-refractivity contribution >= 4 is 11.8 Å². The van der Waals surface area contributed by atoms with Crippen molar-refractivity contribution in [2.24, 2.45) is 11.8 Å². The van der Waals surface area contributed by atoms with Crippen LogP contribution in [-0.4, -0.2) is 35.3 Å². The van der Waals surface area contributed by atoms with Crippen molar-refractivity contribution in [3.63, 3.8) is 0 Å². The van der Waals surface area contributed by atoms with E-state index < -0.39 is 0 Å². The summed E-state index contributed by atoms with van der Waals surface area (Å²) >= 11 is 0. The molecule has 0 aromatic rings. The molecule has 0 bridgehead atoms. The van der Waals surface area contributed by atoms with E-state index in [4.69, 9.17) is 0 Å². The van der Waals surface area contributed by atoms with Crippen LogP contribution in [0.15, 0.2) is 0 Å². The van der Waals surface area contributed by atoms with E-state index in [1.54, 1.807) is 0 Å². The Morgan fingerprint density at radius 2 is 1.89 bits per heavy atom. The molecular weight excluding hydrogens is 240 g/mol. The Morgan fingerprint density at radius 1 is 1.21 bits per heavy atom. The first-order valence-corrected chi connectivity index (χ1v) is 7.60. The summed E-state index contributed by atoms with van der Waals surface area (Å²) in [6.07, 6.45) is 5.20. The number of rotatable bonds is 2. The summed E-state index contributed by atoms with van der Waals surface area (Å²) in [6, 6.07) is -0.0145. The van der Waals surface area contributed by atoms with Gasteiger partial charge in [-0.25, -0.2) is 0 Å². The summed E-state index contributed by atoms with van der Waals surface area (Å²) in [4.78, 5) is 26.4. The number of amides is 2. The van der Waals surface area contributed by atoms with E-state index in [0.717, 1.165) is 6.42 Å². The normalized spacial score (nSPS) is 33.3. The second-order valence-electron chi connectivity index (χ2n) is 6.40. The van der Waals surface area contributed by atoms with Gasteiger partial charge in [0.2, 0.25) is 11.8 Å². The number of carbonyl (C=O) groups excluding carboxylic acids is 2. The summed E-state index contributed by atoms with van der Waals surface area (Å²) in [5, 5.41) is 2.88. The number of hydrogen-bond acceptors (Lipinski definition) is 2. The zero-order valence-corrected chi connectivity index (χ0v) is 12.3. The summed E-state index contributed by atoms with van der Waals surface area (Å²) in [5.41, 5.74) is 0. The van der Waals surface area contributed by atoms with Crippen LogP contribution in [0.1, 0.15) is 52.9 Å². The molecule has 2 amide bonds. The fraction of sp³-hybridized carbons (Fsp3) is 0.867. The van der Waals surface area contributed by atoms with Crippen LogP contribution in [-0.2, 0) is 9.59 Å². The Morgan fingerprint density at radius 3 is 2.53 bits per heavy atom. The number of nitrogens with zero attached hydrogens (tertiary/aromatic N) is 1. The molecule has 1 N–H and O–H groups in total. The zero-order valence-electron chi connectivity index (χ0n) is 12.3. The third kappa shape index (κ3) is 3.10. The third-order valence-electron chi connectivity index (χ3n) is 4.58. The number of carbonyl (C=O) groups is 2. The van der Waals surface area contributed by atoms with Gasteiger partial charge < -0.3 is 10.2 Å². The lowest BCUT2D eigenvalue weighted by atomic mass is 9.84. The molecule has 1 saturated carbocycles. The minimum absolute atomic E-state index is 0.0120. The monoisotopic (exact) mass is 266 g/mol. The second-order valence-corrected chi connectivity index (χ2v) is 6.40. The van der Waals surface area contributed by atoms with Crippen molar-refractivity contribution in [3.05, 3.63) is 0 Å². The summed E-state index contributed by atoms with van der Waals surface area (Å²) < 4.78 is 0. The molecule has 108 valence electrons. The first kappa shape index (κ1) is 14.4. The van der Waals surface area contributed by atoms with Gasteiger partial charge in [0.05, 0.1) is 0 Å². The van der Waals surface area contributed by atoms with Crippen LogP contribution in [0.3, 0.4) is 0 Å². The van der Waals surface area contributed by atoms with Gasteiger partial charge in [-0.2, -0.15) is 0 Å². The van der Waals surface area contributed by atoms with Crippen LogP contribution in [0.2, 0.25) is 0 Å². The highest BCUT2D eigenvalue weighted by Crippen LogP contribution is 2.29. The van der Waals surface area contributed by atoms with E-state index in [1.807, 2.05) is 18.7 Å². The molecule has 19 heavy (non-hydrogen) atoms. The van der Waals surface area contributed by atoms with E-state index in [2.05, 4.69) is 12.2 Å². The van der Waals surface area contributed by atoms with Gasteiger partial charge in [0.15, 0.2) is 0 Å². The van der Waals surface area contributed by atoms with Crippen molar-refractivity contribution in [2.45, 2.75) is 65.0 Å². The lowest BCUT2D eigenvalue weighted by Crippen LogP contribution is -2.52. The molecule has 0 spiro atoms. The highest BCUT2D eigenvalue weighted by Gasteiger charge is 2.37. The van der Waals surface area contributed by atoms with Crippen LogP contribution in [0, 0.1) is 11.8 Å². The SMILES string of the molecule is CC(C)C1NC(=O)CCN(C2CCCCC2C)C1=O. The minimum atomic E-state index is -0.343. The molecule has 2 fully saturated rings. The Kier molecular flexibility index (Phi) is 4.48. The van der Waals surface area contributed by atoms with Gasteiger partial charge in [0, 0.05) is 19.0 Å². The molecule has 0 aromatic carbocycles. The first-order chi connectivity index (χ1) is 9.00. The standard InChI is InChI=1S/C15H26N2O2/c1-10(2)14-15(19)17(9-8-13(18)16-14)12-7-5-4-6-11(12)3/h10-12,14H,4-9H2,1-3H3,(H,16,18). The van der Waals surface area contributed by atoms with Gasteiger partial charge >= 0.3 is 0 Å². The Bertz CT molecular complexity index is 354. The molecule has 3 unspecified atom stereocenters. The molecule has 1 aliphatic carbocycles. The molecule has 2 rings (SSSR count). The maximum atomic E-state index is 12.7. The van der Waals surface area contributed by atoms with E-state index in [9.17, 15) is 9.59 Å². The smallest absolute Gasteiger partial charge is 0.245 e. The molecule has 4 nitrogen and oxygen atoms in total. The lowest BCUT2D eigenvalue weighted by Gasteiger charge is -2.39. The van der Waals surface area contributed by atoms with Gasteiger partial charge in [-0.05, 0) is 24.7 Å². The average molecular weight is 266 g/mol. The Hall–Kier alpha value is -1.06. The van der Waals surface area contributed by atoms with Gasteiger partial charge in [0.1, 0.15) is 6.04 Å². The Balaban J connectivity index is 2.17. The first-order valence-electron chi connectivity index (χ1n) is 7.60. The van der Waals surface area contributed by atoms with Gasteiger partial charge in [0.25, 0.3) is 0 Å². The second kappa shape index (κ2) is 5.93. The molecule has 1 saturated heterocycles. The summed E-state index contributed by atoms with van der Waals surface area (Å²) in [6.45, 7) is 6.82. The number of hydrogen-bond donors (Lipinski definition) is 1. The van der Waals surface area contributed by atoms with Crippen LogP contribution >= 0.6 is 0 Å². The van der Waals surface area contributed by atoms with Crippen LogP contribution in [0.25, 0.3) is 0 Å². The zero-order chi connectivity index (χ0) is 14.0. The quantitative estimate of drug-likeness (QED) is 0.830. The van der Waals surface area contributed by atoms with Crippen LogP contribution in [0.5, 0.6) is 0 Å². The maximum absolute atomic E-state index is 12.7. The van der Waals surface area contributed by atoms with Crippen molar-refractivity contribution < 1.29 is 9.59 Å². The van der Waals surface area contributed by atoms with E-state index in [1.165, 1.54) is 19.3 Å². The van der Waals surface area contributed by atoms with Crippen molar-refractivity contribution in [1.29, 1.82) is 0 Å². The summed E-state index contributed by atoms with van der Waals surface area (Å²) in [5.74, 6) is 0.840. The fourth-order valence-corrected chi connectivity index (χ4v) is 3.36. The van der Waals surface area contributed by atoms with E-state index >= 15 is 0 Å². The fourth-order valence-electron chi connectivity index (χ4n) is 3.36. The maximum Gasteiger partial charge on any atom is 0.245 e. The molecule has 3 atom stereocenters. The largest absolute Gasteiger partial charge is 0.344 e. The van der Waals surface area contributed by atoms with Crippen molar-refractivity contribution in [3.8, 4) is 0 Å². The van der Waals surface area contributed by atoms with Gasteiger partial charge in [-0.15, -0.1) is 0 Å². The van der Waals surface area contributed by atoms with Gasteiger partial charge in [-0.1, -0.05) is 33.6 Å². The molecule has 4 heteroatoms. The average Bonchev–Trinajstić information content (AvgIpc) is 2.51. The van der Waals surface area contributed by atoms with E-state index in [0.29, 0.717) is 24.9 Å². The predicted molar refractivity (Wildman–Crippen MR) is 74.5 cm³/mol. The minimum Gasteiger partial charge on any atom is -0.344 e. The number of nitrogens with one attached hydrogen (secondary N) is 1. The molecule has 1 aliphatic heterocycles. The Labute approximate surface area is 115 Å². The van der Waals surface area contributed by atoms with Gasteiger partial charge in [-0.3, -0.25) is 9.59 Å². The molecule has 2 aliphatic rings. The predicted octanol–water partition coefficient (Wildman–Crippen LogP) is 1.94. The third-order valence-corrected chi connectivity index (χ3v) is 4.58.